The first kappa shape index (κ1) is 21.5. The molecule has 0 fully saturated rings. The smallest absolute Gasteiger partial charge is 0.268 e. The first-order chi connectivity index (χ1) is 13.8. The fourth-order valence-electron chi connectivity index (χ4n) is 3.24. The molecule has 3 rings (SSSR count). The molecule has 2 aromatic rings. The zero-order chi connectivity index (χ0) is 21.1. The molecule has 0 atom stereocenters. The molecule has 4 nitrogen and oxygen atoms in total. The van der Waals surface area contributed by atoms with Crippen molar-refractivity contribution in [1.29, 1.82) is 0 Å². The van der Waals surface area contributed by atoms with Gasteiger partial charge in [0.1, 0.15) is 12.4 Å². The number of thioether (sulfide) groups is 1. The standard InChI is InChI=1S/C23H24ClNO3S/c1-14(2)29-21-20(17-5-7-18(24)8-6-17)22(26)25(23(21)27)9-10-28-19-12-15(3)11-16(4)13-19/h5-8,11-14H,9-10H2,1-4H3. The van der Waals surface area contributed by atoms with Gasteiger partial charge in [-0.1, -0.05) is 43.6 Å². The van der Waals surface area contributed by atoms with E-state index in [1.807, 2.05) is 39.8 Å². The molecule has 1 aliphatic heterocycles. The molecule has 1 aliphatic rings. The Morgan fingerprint density at radius 2 is 1.62 bits per heavy atom. The summed E-state index contributed by atoms with van der Waals surface area (Å²) in [5, 5.41) is 0.762. The lowest BCUT2D eigenvalue weighted by Gasteiger charge is -2.16. The summed E-state index contributed by atoms with van der Waals surface area (Å²) in [6.45, 7) is 8.45. The van der Waals surface area contributed by atoms with Crippen LogP contribution in [0.4, 0.5) is 0 Å². The summed E-state index contributed by atoms with van der Waals surface area (Å²) in [6.07, 6.45) is 0. The van der Waals surface area contributed by atoms with Gasteiger partial charge in [0, 0.05) is 10.3 Å². The van der Waals surface area contributed by atoms with Crippen LogP contribution in [-0.4, -0.2) is 35.1 Å². The highest BCUT2D eigenvalue weighted by Gasteiger charge is 2.39. The molecule has 6 heteroatoms. The van der Waals surface area contributed by atoms with Crippen molar-refractivity contribution in [2.24, 2.45) is 0 Å². The van der Waals surface area contributed by atoms with Crippen LogP contribution in [0.2, 0.25) is 5.02 Å². The number of aryl methyl sites for hydroxylation is 2. The molecule has 0 spiro atoms. The molecule has 2 aromatic carbocycles. The number of amides is 2. The Bertz CT molecular complexity index is 946. The molecule has 0 saturated carbocycles. The lowest BCUT2D eigenvalue weighted by Crippen LogP contribution is -2.35. The van der Waals surface area contributed by atoms with E-state index in [1.54, 1.807) is 24.3 Å². The minimum Gasteiger partial charge on any atom is -0.492 e. The summed E-state index contributed by atoms with van der Waals surface area (Å²) >= 11 is 7.39. The van der Waals surface area contributed by atoms with E-state index in [9.17, 15) is 9.59 Å². The van der Waals surface area contributed by atoms with Crippen LogP contribution in [0.3, 0.4) is 0 Å². The molecular weight excluding hydrogens is 406 g/mol. The molecule has 0 N–H and O–H groups in total. The lowest BCUT2D eigenvalue weighted by molar-refractivity contribution is -0.136. The van der Waals surface area contributed by atoms with Gasteiger partial charge in [-0.2, -0.15) is 0 Å². The Labute approximate surface area is 180 Å². The summed E-state index contributed by atoms with van der Waals surface area (Å²) in [5.74, 6) is 0.191. The van der Waals surface area contributed by atoms with Crippen LogP contribution in [0.5, 0.6) is 5.75 Å². The molecule has 2 amide bonds. The minimum absolute atomic E-state index is 0.176. The fraction of sp³-hybridized carbons (Fsp3) is 0.304. The highest BCUT2D eigenvalue weighted by atomic mass is 35.5. The van der Waals surface area contributed by atoms with Crippen LogP contribution < -0.4 is 4.74 Å². The summed E-state index contributed by atoms with van der Waals surface area (Å²) in [7, 11) is 0. The molecule has 0 radical (unpaired) electrons. The number of ether oxygens (including phenoxy) is 1. The van der Waals surface area contributed by atoms with Gasteiger partial charge in [-0.05, 0) is 54.8 Å². The van der Waals surface area contributed by atoms with E-state index >= 15 is 0 Å². The predicted octanol–water partition coefficient (Wildman–Crippen LogP) is 5.26. The maximum absolute atomic E-state index is 13.1. The highest BCUT2D eigenvalue weighted by molar-refractivity contribution is 8.04. The fourth-order valence-corrected chi connectivity index (χ4v) is 4.38. The van der Waals surface area contributed by atoms with Crippen molar-refractivity contribution in [3.63, 3.8) is 0 Å². The normalized spacial score (nSPS) is 14.3. The second-order valence-corrected chi connectivity index (χ2v) is 9.33. The molecule has 0 saturated heterocycles. The largest absolute Gasteiger partial charge is 0.492 e. The number of hydrogen-bond donors (Lipinski definition) is 0. The molecule has 0 aliphatic carbocycles. The number of halogens is 1. The van der Waals surface area contributed by atoms with Crippen molar-refractivity contribution >= 4 is 40.8 Å². The highest BCUT2D eigenvalue weighted by Crippen LogP contribution is 2.38. The van der Waals surface area contributed by atoms with Gasteiger partial charge in [0.2, 0.25) is 0 Å². The zero-order valence-corrected chi connectivity index (χ0v) is 18.6. The van der Waals surface area contributed by atoms with Crippen LogP contribution in [-0.2, 0) is 9.59 Å². The van der Waals surface area contributed by atoms with Crippen LogP contribution >= 0.6 is 23.4 Å². The minimum atomic E-state index is -0.288. The summed E-state index contributed by atoms with van der Waals surface area (Å²) in [5.41, 5.74) is 3.36. The Morgan fingerprint density at radius 3 is 2.21 bits per heavy atom. The van der Waals surface area contributed by atoms with Crippen molar-refractivity contribution < 1.29 is 14.3 Å². The van der Waals surface area contributed by atoms with Gasteiger partial charge in [0.15, 0.2) is 0 Å². The van der Waals surface area contributed by atoms with E-state index < -0.39 is 0 Å². The third kappa shape index (κ3) is 5.03. The summed E-state index contributed by atoms with van der Waals surface area (Å²) in [4.78, 5) is 27.8. The lowest BCUT2D eigenvalue weighted by atomic mass is 10.1. The summed E-state index contributed by atoms with van der Waals surface area (Å²) < 4.78 is 5.81. The molecule has 0 bridgehead atoms. The number of carbonyl (C=O) groups is 2. The van der Waals surface area contributed by atoms with Crippen LogP contribution in [0.1, 0.15) is 30.5 Å². The monoisotopic (exact) mass is 429 g/mol. The van der Waals surface area contributed by atoms with Gasteiger partial charge in [-0.25, -0.2) is 0 Å². The average molecular weight is 430 g/mol. The SMILES string of the molecule is Cc1cc(C)cc(OCCN2C(=O)C(SC(C)C)=C(c3ccc(Cl)cc3)C2=O)c1. The number of benzene rings is 2. The van der Waals surface area contributed by atoms with E-state index in [2.05, 4.69) is 6.07 Å². The maximum atomic E-state index is 13.1. The third-order valence-corrected chi connectivity index (χ3v) is 5.73. The van der Waals surface area contributed by atoms with Gasteiger partial charge in [0.05, 0.1) is 17.0 Å². The predicted molar refractivity (Wildman–Crippen MR) is 119 cm³/mol. The maximum Gasteiger partial charge on any atom is 0.268 e. The van der Waals surface area contributed by atoms with Gasteiger partial charge in [-0.3, -0.25) is 14.5 Å². The van der Waals surface area contributed by atoms with E-state index in [0.717, 1.165) is 16.9 Å². The molecule has 0 unspecified atom stereocenters. The molecule has 152 valence electrons. The molecule has 1 heterocycles. The van der Waals surface area contributed by atoms with E-state index in [1.165, 1.54) is 16.7 Å². The summed E-state index contributed by atoms with van der Waals surface area (Å²) in [6, 6.07) is 13.0. The number of imide groups is 1. The Hall–Kier alpha value is -2.24. The van der Waals surface area contributed by atoms with E-state index in [0.29, 0.717) is 21.1 Å². The number of carbonyl (C=O) groups excluding carboxylic acids is 2. The van der Waals surface area contributed by atoms with Gasteiger partial charge >= 0.3 is 0 Å². The number of nitrogens with zero attached hydrogens (tertiary/aromatic N) is 1. The van der Waals surface area contributed by atoms with Crippen molar-refractivity contribution in [2.45, 2.75) is 32.9 Å². The van der Waals surface area contributed by atoms with Crippen LogP contribution in [0, 0.1) is 13.8 Å². The molecular formula is C23H24ClNO3S. The molecule has 29 heavy (non-hydrogen) atoms. The topological polar surface area (TPSA) is 46.6 Å². The van der Waals surface area contributed by atoms with Crippen LogP contribution in [0.15, 0.2) is 47.4 Å². The Balaban J connectivity index is 1.78. The van der Waals surface area contributed by atoms with Crippen LogP contribution in [0.25, 0.3) is 5.57 Å². The van der Waals surface area contributed by atoms with Gasteiger partial charge in [0.25, 0.3) is 11.8 Å². The number of rotatable bonds is 7. The second kappa shape index (κ2) is 9.06. The first-order valence-corrected chi connectivity index (χ1v) is 10.8. The second-order valence-electron chi connectivity index (χ2n) is 7.31. The average Bonchev–Trinajstić information content (AvgIpc) is 2.85. The van der Waals surface area contributed by atoms with Gasteiger partial charge in [-0.15, -0.1) is 11.8 Å². The zero-order valence-electron chi connectivity index (χ0n) is 17.0. The van der Waals surface area contributed by atoms with Crippen molar-refractivity contribution in [2.75, 3.05) is 13.2 Å². The van der Waals surface area contributed by atoms with Crippen molar-refractivity contribution in [1.82, 2.24) is 4.90 Å². The van der Waals surface area contributed by atoms with E-state index in [4.69, 9.17) is 16.3 Å². The third-order valence-electron chi connectivity index (χ3n) is 4.39. The quantitative estimate of drug-likeness (QED) is 0.563. The van der Waals surface area contributed by atoms with E-state index in [-0.39, 0.29) is 30.2 Å². The Kier molecular flexibility index (Phi) is 6.70. The van der Waals surface area contributed by atoms with Gasteiger partial charge < -0.3 is 4.74 Å². The van der Waals surface area contributed by atoms with Crippen molar-refractivity contribution in [3.05, 3.63) is 69.1 Å². The van der Waals surface area contributed by atoms with Crippen molar-refractivity contribution in [3.8, 4) is 5.75 Å². The Morgan fingerprint density at radius 1 is 1.00 bits per heavy atom. The number of hydrogen-bond acceptors (Lipinski definition) is 4. The first-order valence-electron chi connectivity index (χ1n) is 9.50. The molecule has 0 aromatic heterocycles.